The van der Waals surface area contributed by atoms with Crippen molar-refractivity contribution in [2.45, 2.75) is 18.9 Å². The smallest absolute Gasteiger partial charge is 0.354 e. The average molecular weight is 356 g/mol. The highest BCUT2D eigenvalue weighted by molar-refractivity contribution is 6.01. The van der Waals surface area contributed by atoms with Crippen molar-refractivity contribution in [1.82, 2.24) is 15.6 Å². The molecule has 0 unspecified atom stereocenters. The molecule has 0 amide bonds. The SMILES string of the molecule is O=C(O)c1cc2c(N3CCNCC3)ccc(OC3CCNCC3)c2cn1. The van der Waals surface area contributed by atoms with E-state index in [1.54, 1.807) is 12.3 Å². The molecule has 1 aromatic carbocycles. The zero-order valence-corrected chi connectivity index (χ0v) is 14.7. The van der Waals surface area contributed by atoms with E-state index in [4.69, 9.17) is 4.74 Å². The van der Waals surface area contributed by atoms with Gasteiger partial charge < -0.3 is 25.4 Å². The van der Waals surface area contributed by atoms with Crippen LogP contribution in [-0.2, 0) is 0 Å². The molecule has 2 saturated heterocycles. The van der Waals surface area contributed by atoms with Crippen molar-refractivity contribution >= 4 is 22.4 Å². The molecule has 0 bridgehead atoms. The van der Waals surface area contributed by atoms with Gasteiger partial charge in [0.05, 0.1) is 0 Å². The molecule has 2 fully saturated rings. The van der Waals surface area contributed by atoms with Crippen LogP contribution in [0.15, 0.2) is 24.4 Å². The van der Waals surface area contributed by atoms with Crippen LogP contribution in [0.4, 0.5) is 5.69 Å². The molecule has 0 radical (unpaired) electrons. The van der Waals surface area contributed by atoms with Gasteiger partial charge in [0.1, 0.15) is 17.5 Å². The van der Waals surface area contributed by atoms with E-state index in [9.17, 15) is 9.90 Å². The number of aromatic nitrogens is 1. The number of pyridine rings is 1. The van der Waals surface area contributed by atoms with Crippen LogP contribution >= 0.6 is 0 Å². The zero-order valence-electron chi connectivity index (χ0n) is 14.7. The number of fused-ring (bicyclic) bond motifs is 1. The average Bonchev–Trinajstić information content (AvgIpc) is 2.69. The number of anilines is 1. The van der Waals surface area contributed by atoms with Gasteiger partial charge in [-0.25, -0.2) is 9.78 Å². The number of piperazine rings is 1. The fraction of sp³-hybridized carbons (Fsp3) is 0.474. The largest absolute Gasteiger partial charge is 0.490 e. The first-order valence-corrected chi connectivity index (χ1v) is 9.21. The number of carboxylic acids is 1. The van der Waals surface area contributed by atoms with Gasteiger partial charge in [0.25, 0.3) is 0 Å². The highest BCUT2D eigenvalue weighted by atomic mass is 16.5. The zero-order chi connectivity index (χ0) is 17.9. The summed E-state index contributed by atoms with van der Waals surface area (Å²) in [5.74, 6) is -0.224. The first-order valence-electron chi connectivity index (χ1n) is 9.21. The highest BCUT2D eigenvalue weighted by Crippen LogP contribution is 2.35. The Morgan fingerprint density at radius 1 is 1.12 bits per heavy atom. The maximum atomic E-state index is 11.4. The van der Waals surface area contributed by atoms with Crippen molar-refractivity contribution in [2.24, 2.45) is 0 Å². The molecule has 3 heterocycles. The third-order valence-corrected chi connectivity index (χ3v) is 5.09. The number of benzene rings is 1. The number of carbonyl (C=O) groups is 1. The van der Waals surface area contributed by atoms with Crippen molar-refractivity contribution in [2.75, 3.05) is 44.2 Å². The Bertz CT molecular complexity index is 799. The standard InChI is InChI=1S/C19H24N4O3/c24-19(25)16-11-14-15(12-22-16)18(26-13-3-5-20-6-4-13)2-1-17(14)23-9-7-21-8-10-23/h1-2,11-13,20-21H,3-10H2,(H,24,25). The minimum atomic E-state index is -1.01. The lowest BCUT2D eigenvalue weighted by atomic mass is 10.1. The normalized spacial score (nSPS) is 18.8. The lowest BCUT2D eigenvalue weighted by Crippen LogP contribution is -2.43. The van der Waals surface area contributed by atoms with Crippen LogP contribution in [0.2, 0.25) is 0 Å². The summed E-state index contributed by atoms with van der Waals surface area (Å²) in [6.45, 7) is 5.56. The predicted molar refractivity (Wildman–Crippen MR) is 100 cm³/mol. The lowest BCUT2D eigenvalue weighted by molar-refractivity contribution is 0.0690. The molecule has 3 N–H and O–H groups in total. The van der Waals surface area contributed by atoms with Gasteiger partial charge in [0.15, 0.2) is 0 Å². The number of piperidine rings is 1. The van der Waals surface area contributed by atoms with E-state index >= 15 is 0 Å². The maximum Gasteiger partial charge on any atom is 0.354 e. The van der Waals surface area contributed by atoms with Gasteiger partial charge in [-0.15, -0.1) is 0 Å². The Morgan fingerprint density at radius 3 is 2.58 bits per heavy atom. The van der Waals surface area contributed by atoms with Gasteiger partial charge in [-0.3, -0.25) is 0 Å². The molecule has 7 nitrogen and oxygen atoms in total. The first-order chi connectivity index (χ1) is 12.7. The molecular formula is C19H24N4O3. The molecular weight excluding hydrogens is 332 g/mol. The van der Waals surface area contributed by atoms with E-state index in [0.29, 0.717) is 0 Å². The van der Waals surface area contributed by atoms with Crippen molar-refractivity contribution in [3.8, 4) is 5.75 Å². The van der Waals surface area contributed by atoms with E-state index < -0.39 is 5.97 Å². The second kappa shape index (κ2) is 7.47. The van der Waals surface area contributed by atoms with Crippen LogP contribution in [0.1, 0.15) is 23.3 Å². The van der Waals surface area contributed by atoms with E-state index in [1.165, 1.54) is 0 Å². The molecule has 2 aromatic rings. The Hall–Kier alpha value is -2.38. The molecule has 0 saturated carbocycles. The number of rotatable bonds is 4. The van der Waals surface area contributed by atoms with E-state index in [0.717, 1.165) is 74.3 Å². The van der Waals surface area contributed by atoms with Crippen LogP contribution in [0.5, 0.6) is 5.75 Å². The number of nitrogens with zero attached hydrogens (tertiary/aromatic N) is 2. The maximum absolute atomic E-state index is 11.4. The van der Waals surface area contributed by atoms with Gasteiger partial charge in [0.2, 0.25) is 0 Å². The summed E-state index contributed by atoms with van der Waals surface area (Å²) in [7, 11) is 0. The number of aromatic carboxylic acids is 1. The van der Waals surface area contributed by atoms with Crippen LogP contribution in [0.3, 0.4) is 0 Å². The molecule has 1 aromatic heterocycles. The Labute approximate surface area is 152 Å². The fourth-order valence-electron chi connectivity index (χ4n) is 3.69. The molecule has 7 heteroatoms. The fourth-order valence-corrected chi connectivity index (χ4v) is 3.69. The monoisotopic (exact) mass is 356 g/mol. The van der Waals surface area contributed by atoms with Crippen molar-refractivity contribution < 1.29 is 14.6 Å². The van der Waals surface area contributed by atoms with Crippen molar-refractivity contribution in [3.05, 3.63) is 30.1 Å². The Morgan fingerprint density at radius 2 is 1.85 bits per heavy atom. The Balaban J connectivity index is 1.75. The van der Waals surface area contributed by atoms with Gasteiger partial charge in [-0.05, 0) is 44.1 Å². The van der Waals surface area contributed by atoms with E-state index in [2.05, 4.69) is 26.6 Å². The highest BCUT2D eigenvalue weighted by Gasteiger charge is 2.20. The summed E-state index contributed by atoms with van der Waals surface area (Å²) in [6, 6.07) is 5.73. The third kappa shape index (κ3) is 3.45. The van der Waals surface area contributed by atoms with Crippen LogP contribution < -0.4 is 20.3 Å². The molecule has 138 valence electrons. The molecule has 0 spiro atoms. The first kappa shape index (κ1) is 17.1. The summed E-state index contributed by atoms with van der Waals surface area (Å²) in [5.41, 5.74) is 1.11. The lowest BCUT2D eigenvalue weighted by Gasteiger charge is -2.31. The third-order valence-electron chi connectivity index (χ3n) is 5.09. The van der Waals surface area contributed by atoms with Gasteiger partial charge in [0, 0.05) is 48.8 Å². The quantitative estimate of drug-likeness (QED) is 0.765. The number of hydrogen-bond donors (Lipinski definition) is 3. The summed E-state index contributed by atoms with van der Waals surface area (Å²) in [6.07, 6.45) is 3.77. The van der Waals surface area contributed by atoms with Gasteiger partial charge in [-0.1, -0.05) is 0 Å². The van der Waals surface area contributed by atoms with Gasteiger partial charge in [-0.2, -0.15) is 0 Å². The summed E-state index contributed by atoms with van der Waals surface area (Å²) >= 11 is 0. The predicted octanol–water partition coefficient (Wildman–Crippen LogP) is 1.47. The second-order valence-corrected chi connectivity index (χ2v) is 6.81. The summed E-state index contributed by atoms with van der Waals surface area (Å²) in [5, 5.41) is 17.8. The van der Waals surface area contributed by atoms with E-state index in [1.807, 2.05) is 6.07 Å². The van der Waals surface area contributed by atoms with Crippen LogP contribution in [0, 0.1) is 0 Å². The molecule has 2 aliphatic heterocycles. The van der Waals surface area contributed by atoms with E-state index in [-0.39, 0.29) is 11.8 Å². The minimum absolute atomic E-state index is 0.0629. The van der Waals surface area contributed by atoms with Crippen LogP contribution in [0.25, 0.3) is 10.8 Å². The summed E-state index contributed by atoms with van der Waals surface area (Å²) in [4.78, 5) is 17.8. The molecule has 0 atom stereocenters. The Kier molecular flexibility index (Phi) is 4.90. The second-order valence-electron chi connectivity index (χ2n) is 6.81. The van der Waals surface area contributed by atoms with Crippen LogP contribution in [-0.4, -0.2) is 61.4 Å². The number of hydrogen-bond acceptors (Lipinski definition) is 6. The number of carboxylic acid groups (broad SMARTS) is 1. The molecule has 4 rings (SSSR count). The minimum Gasteiger partial charge on any atom is -0.490 e. The number of ether oxygens (including phenoxy) is 1. The molecule has 26 heavy (non-hydrogen) atoms. The van der Waals surface area contributed by atoms with Crippen molar-refractivity contribution in [3.63, 3.8) is 0 Å². The van der Waals surface area contributed by atoms with Crippen molar-refractivity contribution in [1.29, 1.82) is 0 Å². The van der Waals surface area contributed by atoms with Gasteiger partial charge >= 0.3 is 5.97 Å². The molecule has 2 aliphatic rings. The molecule has 0 aliphatic carbocycles. The number of nitrogens with one attached hydrogen (secondary N) is 2. The topological polar surface area (TPSA) is 86.7 Å². The summed E-state index contributed by atoms with van der Waals surface area (Å²) < 4.78 is 6.25.